The quantitative estimate of drug-likeness (QED) is 0.646. The average molecular weight is 201 g/mol. The van der Waals surface area contributed by atoms with Crippen molar-refractivity contribution in [1.29, 1.82) is 0 Å². The first-order chi connectivity index (χ1) is 6.06. The first kappa shape index (κ1) is 9.92. The molecule has 0 aliphatic rings. The molecule has 0 radical (unpaired) electrons. The zero-order valence-corrected chi connectivity index (χ0v) is 8.34. The van der Waals surface area contributed by atoms with E-state index >= 15 is 0 Å². The van der Waals surface area contributed by atoms with E-state index in [9.17, 15) is 4.79 Å². The maximum atomic E-state index is 11.1. The minimum Gasteiger partial charge on any atom is -0.464 e. The van der Waals surface area contributed by atoms with Gasteiger partial charge in [-0.2, -0.15) is 0 Å². The zero-order chi connectivity index (χ0) is 10.0. The lowest BCUT2D eigenvalue weighted by Crippen LogP contribution is -2.09. The molecule has 13 heavy (non-hydrogen) atoms. The third-order valence-electron chi connectivity index (χ3n) is 1.57. The first-order valence-electron chi connectivity index (χ1n) is 3.65. The number of rotatable bonds is 1. The van der Waals surface area contributed by atoms with Gasteiger partial charge in [0.05, 0.1) is 18.5 Å². The van der Waals surface area contributed by atoms with Crippen LogP contribution in [-0.2, 0) is 4.74 Å². The number of ether oxygens (including phenoxy) is 1. The van der Waals surface area contributed by atoms with Crippen molar-refractivity contribution >= 4 is 17.6 Å². The molecule has 4 nitrogen and oxygen atoms in total. The van der Waals surface area contributed by atoms with Crippen LogP contribution in [0.15, 0.2) is 0 Å². The van der Waals surface area contributed by atoms with Crippen molar-refractivity contribution in [3.05, 3.63) is 22.2 Å². The van der Waals surface area contributed by atoms with Crippen LogP contribution >= 0.6 is 11.6 Å². The monoisotopic (exact) mass is 200 g/mol. The number of aromatic nitrogens is 2. The summed E-state index contributed by atoms with van der Waals surface area (Å²) in [6.45, 7) is 3.41. The van der Waals surface area contributed by atoms with Gasteiger partial charge in [0.2, 0.25) is 0 Å². The molecule has 0 N–H and O–H groups in total. The van der Waals surface area contributed by atoms with Crippen molar-refractivity contribution in [2.24, 2.45) is 0 Å². The van der Waals surface area contributed by atoms with Crippen LogP contribution in [0.1, 0.15) is 21.9 Å². The lowest BCUT2D eigenvalue weighted by molar-refractivity contribution is 0.0592. The summed E-state index contributed by atoms with van der Waals surface area (Å²) in [5, 5.41) is 0.228. The molecule has 0 bridgehead atoms. The highest BCUT2D eigenvalue weighted by atomic mass is 35.5. The molecule has 0 amide bonds. The Morgan fingerprint density at radius 2 is 1.92 bits per heavy atom. The lowest BCUT2D eigenvalue weighted by atomic mass is 10.3. The van der Waals surface area contributed by atoms with Crippen LogP contribution in [0, 0.1) is 13.8 Å². The van der Waals surface area contributed by atoms with Crippen LogP contribution in [0.4, 0.5) is 0 Å². The third-order valence-corrected chi connectivity index (χ3v) is 1.92. The molecule has 0 saturated carbocycles. The number of methoxy groups -OCH3 is 1. The molecule has 70 valence electrons. The van der Waals surface area contributed by atoms with Gasteiger partial charge in [-0.25, -0.2) is 9.78 Å². The number of aryl methyl sites for hydroxylation is 2. The smallest absolute Gasteiger partial charge is 0.358 e. The Kier molecular flexibility index (Phi) is 2.83. The fourth-order valence-electron chi connectivity index (χ4n) is 0.901. The van der Waals surface area contributed by atoms with Gasteiger partial charge in [-0.3, -0.25) is 4.98 Å². The van der Waals surface area contributed by atoms with Gasteiger partial charge in [0, 0.05) is 0 Å². The second-order valence-corrected chi connectivity index (χ2v) is 2.88. The van der Waals surface area contributed by atoms with Crippen LogP contribution in [0.3, 0.4) is 0 Å². The van der Waals surface area contributed by atoms with Gasteiger partial charge in [0.25, 0.3) is 0 Å². The SMILES string of the molecule is COC(=O)c1nc(Cl)c(C)nc1C. The van der Waals surface area contributed by atoms with E-state index in [-0.39, 0.29) is 10.8 Å². The summed E-state index contributed by atoms with van der Waals surface area (Å²) in [5.74, 6) is -0.521. The van der Waals surface area contributed by atoms with E-state index in [1.807, 2.05) is 0 Å². The molecule has 1 rings (SSSR count). The van der Waals surface area contributed by atoms with E-state index in [0.29, 0.717) is 11.4 Å². The van der Waals surface area contributed by atoms with Crippen molar-refractivity contribution in [2.45, 2.75) is 13.8 Å². The Morgan fingerprint density at radius 1 is 1.31 bits per heavy atom. The summed E-state index contributed by atoms with van der Waals surface area (Å²) in [6.07, 6.45) is 0. The topological polar surface area (TPSA) is 52.1 Å². The molecule has 0 atom stereocenters. The van der Waals surface area contributed by atoms with Crippen LogP contribution < -0.4 is 0 Å². The Bertz CT molecular complexity index is 352. The molecule has 0 aromatic carbocycles. The van der Waals surface area contributed by atoms with Crippen molar-refractivity contribution < 1.29 is 9.53 Å². The highest BCUT2D eigenvalue weighted by molar-refractivity contribution is 6.30. The normalized spacial score (nSPS) is 9.85. The molecule has 0 saturated heterocycles. The summed E-state index contributed by atoms with van der Waals surface area (Å²) in [4.78, 5) is 19.0. The van der Waals surface area contributed by atoms with E-state index in [1.54, 1.807) is 13.8 Å². The maximum absolute atomic E-state index is 11.1. The molecular weight excluding hydrogens is 192 g/mol. The molecule has 1 aromatic heterocycles. The molecule has 1 heterocycles. The second-order valence-electron chi connectivity index (χ2n) is 2.53. The Balaban J connectivity index is 3.23. The second kappa shape index (κ2) is 3.70. The molecule has 5 heteroatoms. The standard InChI is InChI=1S/C8H9ClN2O2/c1-4-6(8(12)13-3)11-7(9)5(2)10-4/h1-3H3. The molecule has 0 spiro atoms. The van der Waals surface area contributed by atoms with Crippen LogP contribution in [0.2, 0.25) is 5.15 Å². The van der Waals surface area contributed by atoms with Gasteiger partial charge in [-0.1, -0.05) is 11.6 Å². The highest BCUT2D eigenvalue weighted by Crippen LogP contribution is 2.13. The fraction of sp³-hybridized carbons (Fsp3) is 0.375. The van der Waals surface area contributed by atoms with Crippen LogP contribution in [0.5, 0.6) is 0 Å². The predicted molar refractivity (Wildman–Crippen MR) is 47.9 cm³/mol. The minimum atomic E-state index is -0.521. The summed E-state index contributed by atoms with van der Waals surface area (Å²) >= 11 is 5.71. The van der Waals surface area contributed by atoms with Crippen molar-refractivity contribution in [1.82, 2.24) is 9.97 Å². The van der Waals surface area contributed by atoms with Crippen LogP contribution in [-0.4, -0.2) is 23.0 Å². The Hall–Kier alpha value is -1.16. The molecule has 0 unspecified atom stereocenters. The number of carbonyl (C=O) groups is 1. The number of carbonyl (C=O) groups excluding carboxylic acids is 1. The molecule has 0 aliphatic heterocycles. The lowest BCUT2D eigenvalue weighted by Gasteiger charge is -2.03. The molecular formula is C8H9ClN2O2. The summed E-state index contributed by atoms with van der Waals surface area (Å²) in [6, 6.07) is 0. The first-order valence-corrected chi connectivity index (χ1v) is 4.03. The number of hydrogen-bond donors (Lipinski definition) is 0. The predicted octanol–water partition coefficient (Wildman–Crippen LogP) is 1.53. The molecule has 1 aromatic rings. The van der Waals surface area contributed by atoms with E-state index in [1.165, 1.54) is 7.11 Å². The summed E-state index contributed by atoms with van der Waals surface area (Å²) < 4.78 is 4.51. The molecule has 0 aliphatic carbocycles. The van der Waals surface area contributed by atoms with Gasteiger partial charge in [-0.15, -0.1) is 0 Å². The van der Waals surface area contributed by atoms with Gasteiger partial charge < -0.3 is 4.74 Å². The van der Waals surface area contributed by atoms with Gasteiger partial charge in [-0.05, 0) is 13.8 Å². The van der Waals surface area contributed by atoms with Gasteiger partial charge in [0.15, 0.2) is 10.8 Å². The third kappa shape index (κ3) is 1.95. The summed E-state index contributed by atoms with van der Waals surface area (Å²) in [7, 11) is 1.29. The number of esters is 1. The van der Waals surface area contributed by atoms with Crippen molar-refractivity contribution in [3.63, 3.8) is 0 Å². The zero-order valence-electron chi connectivity index (χ0n) is 7.59. The van der Waals surface area contributed by atoms with Crippen LogP contribution in [0.25, 0.3) is 0 Å². The van der Waals surface area contributed by atoms with E-state index in [2.05, 4.69) is 14.7 Å². The highest BCUT2D eigenvalue weighted by Gasteiger charge is 2.14. The number of halogens is 1. The van der Waals surface area contributed by atoms with E-state index in [4.69, 9.17) is 11.6 Å². The van der Waals surface area contributed by atoms with E-state index < -0.39 is 5.97 Å². The van der Waals surface area contributed by atoms with Gasteiger partial charge in [0.1, 0.15) is 0 Å². The van der Waals surface area contributed by atoms with Gasteiger partial charge >= 0.3 is 5.97 Å². The largest absolute Gasteiger partial charge is 0.464 e. The minimum absolute atomic E-state index is 0.165. The fourth-order valence-corrected chi connectivity index (χ4v) is 1.03. The molecule has 0 fully saturated rings. The maximum Gasteiger partial charge on any atom is 0.358 e. The number of hydrogen-bond acceptors (Lipinski definition) is 4. The Labute approximate surface area is 80.9 Å². The van der Waals surface area contributed by atoms with E-state index in [0.717, 1.165) is 0 Å². The summed E-state index contributed by atoms with van der Waals surface area (Å²) in [5.41, 5.74) is 1.29. The Morgan fingerprint density at radius 3 is 2.46 bits per heavy atom. The average Bonchev–Trinajstić information content (AvgIpc) is 2.10. The van der Waals surface area contributed by atoms with Crippen molar-refractivity contribution in [2.75, 3.05) is 7.11 Å². The number of nitrogens with zero attached hydrogens (tertiary/aromatic N) is 2. The van der Waals surface area contributed by atoms with Crippen molar-refractivity contribution in [3.8, 4) is 0 Å².